The highest BCUT2D eigenvalue weighted by atomic mass is 32.2. The number of thiophene rings is 1. The summed E-state index contributed by atoms with van der Waals surface area (Å²) < 4.78 is 32.8. The minimum absolute atomic E-state index is 0.200. The Bertz CT molecular complexity index is 693. The first kappa shape index (κ1) is 14.7. The molecule has 0 aliphatic carbocycles. The molecule has 1 saturated heterocycles. The molecule has 0 radical (unpaired) electrons. The molecule has 1 fully saturated rings. The van der Waals surface area contributed by atoms with E-state index < -0.39 is 10.0 Å². The number of ether oxygens (including phenoxy) is 1. The van der Waals surface area contributed by atoms with Crippen molar-refractivity contribution in [3.63, 3.8) is 0 Å². The number of benzene rings is 1. The van der Waals surface area contributed by atoms with Crippen LogP contribution in [-0.2, 0) is 14.8 Å². The summed E-state index contributed by atoms with van der Waals surface area (Å²) in [6, 6.07) is 11.4. The lowest BCUT2D eigenvalue weighted by molar-refractivity contribution is -0.00250. The Morgan fingerprint density at radius 2 is 2.00 bits per heavy atom. The normalized spacial score (nSPS) is 20.5. The molecule has 21 heavy (non-hydrogen) atoms. The van der Waals surface area contributed by atoms with Gasteiger partial charge in [0.15, 0.2) is 0 Å². The Labute approximate surface area is 129 Å². The first-order valence-electron chi connectivity index (χ1n) is 6.79. The van der Waals surface area contributed by atoms with E-state index in [1.165, 1.54) is 21.2 Å². The van der Waals surface area contributed by atoms with Crippen LogP contribution in [0.25, 0.3) is 0 Å². The third-order valence-corrected chi connectivity index (χ3v) is 6.81. The predicted molar refractivity (Wildman–Crippen MR) is 82.9 cm³/mol. The number of rotatable bonds is 3. The molecule has 0 N–H and O–H groups in total. The Morgan fingerprint density at radius 3 is 2.67 bits per heavy atom. The van der Waals surface area contributed by atoms with Crippen LogP contribution in [0.5, 0.6) is 0 Å². The van der Waals surface area contributed by atoms with Crippen LogP contribution >= 0.6 is 11.3 Å². The second kappa shape index (κ2) is 5.88. The van der Waals surface area contributed by atoms with Crippen LogP contribution in [-0.4, -0.2) is 32.4 Å². The van der Waals surface area contributed by atoms with Crippen molar-refractivity contribution in [1.82, 2.24) is 4.31 Å². The average Bonchev–Trinajstić information content (AvgIpc) is 3.03. The predicted octanol–water partition coefficient (Wildman–Crippen LogP) is 2.82. The lowest BCUT2D eigenvalue weighted by Crippen LogP contribution is -2.41. The van der Waals surface area contributed by atoms with E-state index in [0.29, 0.717) is 23.9 Å². The van der Waals surface area contributed by atoms with E-state index >= 15 is 0 Å². The maximum absolute atomic E-state index is 12.6. The van der Waals surface area contributed by atoms with Gasteiger partial charge in [-0.3, -0.25) is 0 Å². The maximum Gasteiger partial charge on any atom is 0.252 e. The maximum atomic E-state index is 12.6. The van der Waals surface area contributed by atoms with Crippen LogP contribution in [0.2, 0.25) is 0 Å². The fraction of sp³-hybridized carbons (Fsp3) is 0.333. The van der Waals surface area contributed by atoms with Gasteiger partial charge in [0, 0.05) is 13.1 Å². The number of nitrogens with zero attached hydrogens (tertiary/aromatic N) is 1. The largest absolute Gasteiger partial charge is 0.371 e. The van der Waals surface area contributed by atoms with E-state index in [4.69, 9.17) is 4.74 Å². The quantitative estimate of drug-likeness (QED) is 0.872. The molecule has 0 bridgehead atoms. The lowest BCUT2D eigenvalue weighted by atomic mass is 10.1. The van der Waals surface area contributed by atoms with Crippen molar-refractivity contribution in [2.24, 2.45) is 0 Å². The molecule has 1 atom stereocenters. The standard InChI is InChI=1S/C15H17NO3S2/c1-12-4-6-13(7-5-12)14-11-16(8-9-19-14)21(17,18)15-3-2-10-20-15/h2-7,10,14H,8-9,11H2,1H3. The van der Waals surface area contributed by atoms with E-state index in [0.717, 1.165) is 5.56 Å². The molecular weight excluding hydrogens is 306 g/mol. The van der Waals surface area contributed by atoms with Gasteiger partial charge in [-0.25, -0.2) is 8.42 Å². The van der Waals surface area contributed by atoms with Crippen molar-refractivity contribution in [3.8, 4) is 0 Å². The molecule has 112 valence electrons. The zero-order valence-corrected chi connectivity index (χ0v) is 13.4. The molecule has 0 spiro atoms. The summed E-state index contributed by atoms with van der Waals surface area (Å²) in [6.07, 6.45) is -0.200. The number of sulfonamides is 1. The van der Waals surface area contributed by atoms with Gasteiger partial charge in [0.2, 0.25) is 0 Å². The van der Waals surface area contributed by atoms with Gasteiger partial charge in [0.25, 0.3) is 10.0 Å². The van der Waals surface area contributed by atoms with Gasteiger partial charge in [-0.1, -0.05) is 35.9 Å². The summed E-state index contributed by atoms with van der Waals surface area (Å²) in [4.78, 5) is 0. The summed E-state index contributed by atoms with van der Waals surface area (Å²) in [6.45, 7) is 3.22. The topological polar surface area (TPSA) is 46.6 Å². The number of morpholine rings is 1. The SMILES string of the molecule is Cc1ccc(C2CN(S(=O)(=O)c3cccs3)CCO2)cc1. The van der Waals surface area contributed by atoms with Gasteiger partial charge in [-0.05, 0) is 23.9 Å². The third kappa shape index (κ3) is 3.03. The van der Waals surface area contributed by atoms with Gasteiger partial charge in [-0.15, -0.1) is 11.3 Å². The Morgan fingerprint density at radius 1 is 1.24 bits per heavy atom. The summed E-state index contributed by atoms with van der Waals surface area (Å²) in [5, 5.41) is 1.78. The van der Waals surface area contributed by atoms with Crippen molar-refractivity contribution in [1.29, 1.82) is 0 Å². The molecule has 1 aliphatic heterocycles. The highest BCUT2D eigenvalue weighted by molar-refractivity contribution is 7.91. The van der Waals surface area contributed by atoms with Gasteiger partial charge < -0.3 is 4.74 Å². The second-order valence-corrected chi connectivity index (χ2v) is 8.18. The van der Waals surface area contributed by atoms with E-state index in [1.807, 2.05) is 31.2 Å². The highest BCUT2D eigenvalue weighted by Gasteiger charge is 2.31. The Balaban J connectivity index is 1.82. The molecule has 0 amide bonds. The Kier molecular flexibility index (Phi) is 4.12. The summed E-state index contributed by atoms with van der Waals surface area (Å²) in [5.41, 5.74) is 2.20. The summed E-state index contributed by atoms with van der Waals surface area (Å²) in [5.74, 6) is 0. The van der Waals surface area contributed by atoms with Crippen molar-refractivity contribution < 1.29 is 13.2 Å². The van der Waals surface area contributed by atoms with Crippen LogP contribution < -0.4 is 0 Å². The fourth-order valence-corrected chi connectivity index (χ4v) is 4.93. The monoisotopic (exact) mass is 323 g/mol. The number of hydrogen-bond acceptors (Lipinski definition) is 4. The first-order chi connectivity index (χ1) is 10.1. The van der Waals surface area contributed by atoms with Gasteiger partial charge in [-0.2, -0.15) is 4.31 Å². The molecular formula is C15H17NO3S2. The lowest BCUT2D eigenvalue weighted by Gasteiger charge is -2.32. The van der Waals surface area contributed by atoms with Gasteiger partial charge in [0.1, 0.15) is 4.21 Å². The van der Waals surface area contributed by atoms with E-state index in [9.17, 15) is 8.42 Å². The molecule has 0 saturated carbocycles. The zero-order chi connectivity index (χ0) is 14.9. The smallest absolute Gasteiger partial charge is 0.252 e. The molecule has 1 aromatic carbocycles. The molecule has 2 aromatic rings. The van der Waals surface area contributed by atoms with Crippen LogP contribution in [0, 0.1) is 6.92 Å². The molecule has 1 unspecified atom stereocenters. The average molecular weight is 323 g/mol. The van der Waals surface area contributed by atoms with Crippen LogP contribution in [0.1, 0.15) is 17.2 Å². The molecule has 1 aromatic heterocycles. The van der Waals surface area contributed by atoms with Crippen molar-refractivity contribution >= 4 is 21.4 Å². The minimum Gasteiger partial charge on any atom is -0.371 e. The summed E-state index contributed by atoms with van der Waals surface area (Å²) in [7, 11) is -3.40. The third-order valence-electron chi connectivity index (χ3n) is 3.57. The second-order valence-electron chi connectivity index (χ2n) is 5.07. The molecule has 2 heterocycles. The zero-order valence-electron chi connectivity index (χ0n) is 11.7. The Hall–Kier alpha value is -1.21. The van der Waals surface area contributed by atoms with Crippen molar-refractivity contribution in [2.75, 3.05) is 19.7 Å². The molecule has 3 rings (SSSR count). The van der Waals surface area contributed by atoms with E-state index in [2.05, 4.69) is 0 Å². The van der Waals surface area contributed by atoms with Crippen LogP contribution in [0.4, 0.5) is 0 Å². The van der Waals surface area contributed by atoms with E-state index in [1.54, 1.807) is 17.5 Å². The van der Waals surface area contributed by atoms with Crippen molar-refractivity contribution in [2.45, 2.75) is 17.2 Å². The molecule has 4 nitrogen and oxygen atoms in total. The van der Waals surface area contributed by atoms with Gasteiger partial charge >= 0.3 is 0 Å². The minimum atomic E-state index is -3.40. The highest BCUT2D eigenvalue weighted by Crippen LogP contribution is 2.28. The van der Waals surface area contributed by atoms with Crippen LogP contribution in [0.3, 0.4) is 0 Å². The van der Waals surface area contributed by atoms with Crippen molar-refractivity contribution in [3.05, 3.63) is 52.9 Å². The van der Waals surface area contributed by atoms with Gasteiger partial charge in [0.05, 0.1) is 12.7 Å². The van der Waals surface area contributed by atoms with Crippen LogP contribution in [0.15, 0.2) is 46.0 Å². The number of aryl methyl sites for hydroxylation is 1. The molecule has 6 heteroatoms. The number of hydrogen-bond donors (Lipinski definition) is 0. The van der Waals surface area contributed by atoms with E-state index in [-0.39, 0.29) is 6.10 Å². The fourth-order valence-electron chi connectivity index (χ4n) is 2.36. The molecule has 1 aliphatic rings. The summed E-state index contributed by atoms with van der Waals surface area (Å²) >= 11 is 1.25. The first-order valence-corrected chi connectivity index (χ1v) is 9.11.